The van der Waals surface area contributed by atoms with E-state index in [0.717, 1.165) is 17.0 Å². The van der Waals surface area contributed by atoms with E-state index in [2.05, 4.69) is 9.97 Å². The van der Waals surface area contributed by atoms with Crippen molar-refractivity contribution in [3.05, 3.63) is 34.1 Å². The molecule has 0 bridgehead atoms. The monoisotopic (exact) mass is 215 g/mol. The second-order valence-corrected chi connectivity index (χ2v) is 4.42. The van der Waals surface area contributed by atoms with Crippen molar-refractivity contribution in [3.8, 4) is 0 Å². The minimum absolute atomic E-state index is 0.144. The molecule has 0 atom stereocenters. The van der Waals surface area contributed by atoms with Gasteiger partial charge >= 0.3 is 0 Å². The van der Waals surface area contributed by atoms with Crippen molar-refractivity contribution in [1.29, 1.82) is 0 Å². The molecule has 1 aliphatic rings. The Balaban J connectivity index is 2.35. The van der Waals surface area contributed by atoms with Gasteiger partial charge in [0.25, 0.3) is 5.56 Å². The summed E-state index contributed by atoms with van der Waals surface area (Å²) in [4.78, 5) is 20.2. The number of aromatic nitrogens is 3. The fraction of sp³-hybridized carbons (Fsp3) is 0.417. The molecule has 1 saturated carbocycles. The molecule has 1 aliphatic carbocycles. The Kier molecular flexibility index (Phi) is 1.87. The maximum Gasteiger partial charge on any atom is 0.280 e. The molecule has 0 amide bonds. The number of hydrogen-bond donors (Lipinski definition) is 0. The van der Waals surface area contributed by atoms with Gasteiger partial charge in [0.1, 0.15) is 5.82 Å². The zero-order chi connectivity index (χ0) is 11.3. The minimum Gasteiger partial charge on any atom is -0.331 e. The van der Waals surface area contributed by atoms with Crippen LogP contribution in [0.15, 0.2) is 17.1 Å². The largest absolute Gasteiger partial charge is 0.331 e. The third-order valence-electron chi connectivity index (χ3n) is 3.24. The van der Waals surface area contributed by atoms with Crippen LogP contribution in [0.5, 0.6) is 0 Å². The van der Waals surface area contributed by atoms with Crippen molar-refractivity contribution in [3.63, 3.8) is 0 Å². The first-order valence-corrected chi connectivity index (χ1v) is 5.50. The van der Waals surface area contributed by atoms with Crippen LogP contribution in [-0.2, 0) is 7.05 Å². The zero-order valence-corrected chi connectivity index (χ0v) is 9.40. The molecule has 0 N–H and O–H groups in total. The number of pyridine rings is 1. The van der Waals surface area contributed by atoms with E-state index in [1.165, 1.54) is 12.8 Å². The third kappa shape index (κ3) is 1.33. The summed E-state index contributed by atoms with van der Waals surface area (Å²) < 4.78 is 1.90. The van der Waals surface area contributed by atoms with Gasteiger partial charge in [-0.15, -0.1) is 0 Å². The summed E-state index contributed by atoms with van der Waals surface area (Å²) in [5.41, 5.74) is 1.76. The normalized spacial score (nSPS) is 15.6. The Hall–Kier alpha value is -1.71. The highest BCUT2D eigenvalue weighted by molar-refractivity contribution is 5.77. The van der Waals surface area contributed by atoms with Gasteiger partial charge in [-0.3, -0.25) is 9.78 Å². The Morgan fingerprint density at radius 2 is 2.19 bits per heavy atom. The lowest BCUT2D eigenvalue weighted by Gasteiger charge is -2.08. The van der Waals surface area contributed by atoms with E-state index in [1.54, 1.807) is 6.20 Å². The van der Waals surface area contributed by atoms with Crippen LogP contribution in [0.25, 0.3) is 10.9 Å². The summed E-state index contributed by atoms with van der Waals surface area (Å²) in [5.74, 6) is 1.29. The third-order valence-corrected chi connectivity index (χ3v) is 3.24. The Bertz CT molecular complexity index is 626. The van der Waals surface area contributed by atoms with Crippen LogP contribution in [0.3, 0.4) is 0 Å². The molecular formula is C12H13N3O. The first-order valence-electron chi connectivity index (χ1n) is 5.50. The fourth-order valence-corrected chi connectivity index (χ4v) is 1.96. The van der Waals surface area contributed by atoms with Gasteiger partial charge in [0.15, 0.2) is 0 Å². The van der Waals surface area contributed by atoms with Gasteiger partial charge < -0.3 is 4.57 Å². The summed E-state index contributed by atoms with van der Waals surface area (Å²) in [7, 11) is 1.91. The van der Waals surface area contributed by atoms with Crippen molar-refractivity contribution in [2.45, 2.75) is 25.7 Å². The Labute approximate surface area is 93.0 Å². The van der Waals surface area contributed by atoms with E-state index in [1.807, 2.05) is 24.6 Å². The summed E-state index contributed by atoms with van der Waals surface area (Å²) >= 11 is 0. The zero-order valence-electron chi connectivity index (χ0n) is 9.40. The number of rotatable bonds is 1. The van der Waals surface area contributed by atoms with E-state index < -0.39 is 0 Å². The van der Waals surface area contributed by atoms with Crippen LogP contribution in [-0.4, -0.2) is 14.5 Å². The maximum atomic E-state index is 11.8. The molecule has 82 valence electrons. The van der Waals surface area contributed by atoms with Crippen LogP contribution in [0, 0.1) is 6.92 Å². The topological polar surface area (TPSA) is 47.8 Å². The lowest BCUT2D eigenvalue weighted by Crippen LogP contribution is -2.15. The quantitative estimate of drug-likeness (QED) is 0.724. The second kappa shape index (κ2) is 3.14. The van der Waals surface area contributed by atoms with Gasteiger partial charge in [0, 0.05) is 18.7 Å². The van der Waals surface area contributed by atoms with Gasteiger partial charge in [-0.25, -0.2) is 0 Å². The fourth-order valence-electron chi connectivity index (χ4n) is 1.96. The lowest BCUT2D eigenvalue weighted by atomic mass is 10.2. The molecule has 0 aromatic carbocycles. The molecule has 0 aliphatic heterocycles. The van der Waals surface area contributed by atoms with E-state index in [-0.39, 0.29) is 5.56 Å². The maximum absolute atomic E-state index is 11.8. The van der Waals surface area contributed by atoms with E-state index in [0.29, 0.717) is 11.3 Å². The Morgan fingerprint density at radius 1 is 1.44 bits per heavy atom. The standard InChI is InChI=1S/C12H13N3O/c1-7-14-12(16)9-5-10(8-3-4-8)13-6-11(9)15(7)2/h5-6,8H,3-4H2,1-2H3. The number of fused-ring (bicyclic) bond motifs is 1. The molecular weight excluding hydrogens is 202 g/mol. The van der Waals surface area contributed by atoms with Gasteiger partial charge in [0.05, 0.1) is 17.1 Å². The number of aryl methyl sites for hydroxylation is 2. The lowest BCUT2D eigenvalue weighted by molar-refractivity contribution is 0.834. The highest BCUT2D eigenvalue weighted by atomic mass is 16.1. The average molecular weight is 215 g/mol. The molecule has 2 aromatic heterocycles. The minimum atomic E-state index is -0.144. The van der Waals surface area contributed by atoms with Crippen molar-refractivity contribution in [2.24, 2.45) is 7.05 Å². The van der Waals surface area contributed by atoms with Crippen LogP contribution in [0.4, 0.5) is 0 Å². The van der Waals surface area contributed by atoms with Gasteiger partial charge in [-0.1, -0.05) is 0 Å². The van der Waals surface area contributed by atoms with E-state index >= 15 is 0 Å². The van der Waals surface area contributed by atoms with Gasteiger partial charge in [0.2, 0.25) is 0 Å². The highest BCUT2D eigenvalue weighted by Gasteiger charge is 2.25. The molecule has 2 aromatic rings. The van der Waals surface area contributed by atoms with Crippen molar-refractivity contribution in [1.82, 2.24) is 14.5 Å². The highest BCUT2D eigenvalue weighted by Crippen LogP contribution is 2.39. The average Bonchev–Trinajstić information content (AvgIpc) is 3.09. The molecule has 1 fully saturated rings. The predicted molar refractivity (Wildman–Crippen MR) is 61.5 cm³/mol. The smallest absolute Gasteiger partial charge is 0.280 e. The molecule has 0 spiro atoms. The number of hydrogen-bond acceptors (Lipinski definition) is 3. The summed E-state index contributed by atoms with van der Waals surface area (Å²) in [5, 5.41) is 0.685. The summed E-state index contributed by atoms with van der Waals surface area (Å²) in [6.07, 6.45) is 4.18. The summed E-state index contributed by atoms with van der Waals surface area (Å²) in [6.45, 7) is 1.83. The molecule has 4 nitrogen and oxygen atoms in total. The van der Waals surface area contributed by atoms with Gasteiger partial charge in [-0.2, -0.15) is 4.98 Å². The van der Waals surface area contributed by atoms with Crippen LogP contribution in [0.1, 0.15) is 30.3 Å². The van der Waals surface area contributed by atoms with Crippen molar-refractivity contribution >= 4 is 10.9 Å². The first kappa shape index (κ1) is 9.51. The number of nitrogens with zero attached hydrogens (tertiary/aromatic N) is 3. The molecule has 0 radical (unpaired) electrons. The van der Waals surface area contributed by atoms with Crippen LogP contribution >= 0.6 is 0 Å². The first-order chi connectivity index (χ1) is 7.66. The predicted octanol–water partition coefficient (Wildman–Crippen LogP) is 1.51. The molecule has 16 heavy (non-hydrogen) atoms. The van der Waals surface area contributed by atoms with E-state index in [4.69, 9.17) is 0 Å². The SMILES string of the molecule is Cc1nc(=O)c2cc(C3CC3)ncc2n1C. The molecule has 4 heteroatoms. The summed E-state index contributed by atoms with van der Waals surface area (Å²) in [6, 6.07) is 1.90. The molecule has 0 saturated heterocycles. The molecule has 3 rings (SSSR count). The van der Waals surface area contributed by atoms with Crippen molar-refractivity contribution < 1.29 is 0 Å². The Morgan fingerprint density at radius 3 is 2.88 bits per heavy atom. The molecule has 0 unspecified atom stereocenters. The van der Waals surface area contributed by atoms with Gasteiger partial charge in [-0.05, 0) is 25.8 Å². The van der Waals surface area contributed by atoms with Crippen molar-refractivity contribution in [2.75, 3.05) is 0 Å². The van der Waals surface area contributed by atoms with Crippen LogP contribution < -0.4 is 5.56 Å². The van der Waals surface area contributed by atoms with Crippen LogP contribution in [0.2, 0.25) is 0 Å². The second-order valence-electron chi connectivity index (χ2n) is 4.42. The molecule has 2 heterocycles. The van der Waals surface area contributed by atoms with E-state index in [9.17, 15) is 4.79 Å².